The van der Waals surface area contributed by atoms with E-state index in [2.05, 4.69) is 10.4 Å². The molecule has 1 amide bonds. The van der Waals surface area contributed by atoms with Crippen LogP contribution in [0.25, 0.3) is 5.69 Å². The largest absolute Gasteiger partial charge is 0.344 e. The monoisotopic (exact) mass is 330 g/mol. The second-order valence-corrected chi connectivity index (χ2v) is 5.32. The topological polar surface area (TPSA) is 51.9 Å². The molecule has 1 N–H and O–H groups in total. The zero-order valence-corrected chi connectivity index (χ0v) is 12.9. The lowest BCUT2D eigenvalue weighted by Crippen LogP contribution is -2.29. The summed E-state index contributed by atoms with van der Waals surface area (Å²) in [6, 6.07) is 12.5. The third-order valence-corrected chi connectivity index (χ3v) is 3.73. The fourth-order valence-electron chi connectivity index (χ4n) is 2.45. The average Bonchev–Trinajstić information content (AvgIpc) is 3.26. The second kappa shape index (κ2) is 6.66. The minimum absolute atomic E-state index is 0.166. The maximum atomic E-state index is 12.8. The molecule has 1 unspecified atom stereocenters. The Labute approximate surface area is 137 Å². The molecule has 0 saturated heterocycles. The van der Waals surface area contributed by atoms with E-state index < -0.39 is 12.5 Å². The highest BCUT2D eigenvalue weighted by Gasteiger charge is 2.19. The summed E-state index contributed by atoms with van der Waals surface area (Å²) in [7, 11) is 0. The van der Waals surface area contributed by atoms with Gasteiger partial charge in [-0.2, -0.15) is 18.6 Å². The lowest BCUT2D eigenvalue weighted by atomic mass is 10.1. The predicted octanol–water partition coefficient (Wildman–Crippen LogP) is 3.56. The van der Waals surface area contributed by atoms with E-state index in [4.69, 9.17) is 0 Å². The van der Waals surface area contributed by atoms with Gasteiger partial charge >= 0.3 is 6.55 Å². The first-order valence-corrected chi connectivity index (χ1v) is 7.42. The fraction of sp³-hybridized carbons (Fsp3) is 0.176. The number of carbonyl (C=O) groups excluding carboxylic acids is 1. The molecule has 24 heavy (non-hydrogen) atoms. The third-order valence-electron chi connectivity index (χ3n) is 3.73. The van der Waals surface area contributed by atoms with Crippen molar-refractivity contribution in [2.24, 2.45) is 0 Å². The van der Waals surface area contributed by atoms with Gasteiger partial charge in [0.2, 0.25) is 0 Å². The van der Waals surface area contributed by atoms with E-state index in [1.54, 1.807) is 6.92 Å². The molecule has 124 valence electrons. The first-order valence-electron chi connectivity index (χ1n) is 7.42. The number of hydrogen-bond donors (Lipinski definition) is 1. The van der Waals surface area contributed by atoms with Crippen molar-refractivity contribution in [3.63, 3.8) is 0 Å². The summed E-state index contributed by atoms with van der Waals surface area (Å²) >= 11 is 0. The molecular formula is C17H16F2N4O. The highest BCUT2D eigenvalue weighted by Crippen LogP contribution is 2.18. The van der Waals surface area contributed by atoms with E-state index in [1.807, 2.05) is 53.4 Å². The van der Waals surface area contributed by atoms with Crippen LogP contribution >= 0.6 is 0 Å². The molecule has 2 heterocycles. The molecule has 3 aromatic rings. The van der Waals surface area contributed by atoms with Gasteiger partial charge in [0.05, 0.1) is 6.04 Å². The van der Waals surface area contributed by atoms with Crippen LogP contribution in [0.4, 0.5) is 8.78 Å². The Morgan fingerprint density at radius 1 is 1.12 bits per heavy atom. The molecule has 0 bridgehead atoms. The summed E-state index contributed by atoms with van der Waals surface area (Å²) < 4.78 is 27.9. The Balaban J connectivity index is 1.71. The number of nitrogens with one attached hydrogen (secondary N) is 1. The molecule has 5 nitrogen and oxygen atoms in total. The molecule has 2 aromatic heterocycles. The molecule has 1 aromatic carbocycles. The van der Waals surface area contributed by atoms with Crippen LogP contribution in [0.15, 0.2) is 61.1 Å². The van der Waals surface area contributed by atoms with Crippen molar-refractivity contribution in [1.82, 2.24) is 19.7 Å². The molecule has 0 aliphatic heterocycles. The Bertz CT molecular complexity index is 810. The quantitative estimate of drug-likeness (QED) is 0.778. The summed E-state index contributed by atoms with van der Waals surface area (Å²) in [4.78, 5) is 12.2. The summed E-state index contributed by atoms with van der Waals surface area (Å²) in [5, 5.41) is 6.17. The van der Waals surface area contributed by atoms with Gasteiger partial charge in [0.25, 0.3) is 5.91 Å². The van der Waals surface area contributed by atoms with Gasteiger partial charge < -0.3 is 9.88 Å². The number of nitrogens with zero attached hydrogens (tertiary/aromatic N) is 3. The number of alkyl halides is 2. The van der Waals surface area contributed by atoms with E-state index in [1.165, 1.54) is 12.3 Å². The lowest BCUT2D eigenvalue weighted by molar-refractivity contribution is 0.0507. The summed E-state index contributed by atoms with van der Waals surface area (Å²) in [5.41, 5.74) is 1.71. The third kappa shape index (κ3) is 3.19. The van der Waals surface area contributed by atoms with Gasteiger partial charge in [0.1, 0.15) is 5.69 Å². The molecule has 7 heteroatoms. The lowest BCUT2D eigenvalue weighted by Gasteiger charge is -2.15. The average molecular weight is 330 g/mol. The molecule has 0 radical (unpaired) electrons. The number of aromatic nitrogens is 3. The zero-order chi connectivity index (χ0) is 17.1. The van der Waals surface area contributed by atoms with Crippen molar-refractivity contribution < 1.29 is 13.6 Å². The van der Waals surface area contributed by atoms with Crippen molar-refractivity contribution in [2.75, 3.05) is 0 Å². The fourth-order valence-corrected chi connectivity index (χ4v) is 2.45. The molecule has 3 rings (SSSR count). The van der Waals surface area contributed by atoms with E-state index in [0.717, 1.165) is 11.3 Å². The standard InChI is InChI=1S/C17H16F2N4O/c1-12(21-16(24)15-8-9-20-23(15)17(18)19)13-4-6-14(7-5-13)22-10-2-3-11-22/h2-12,17H,1H3,(H,21,24). The van der Waals surface area contributed by atoms with Crippen molar-refractivity contribution >= 4 is 5.91 Å². The van der Waals surface area contributed by atoms with Crippen molar-refractivity contribution in [3.05, 3.63) is 72.3 Å². The number of hydrogen-bond acceptors (Lipinski definition) is 2. The van der Waals surface area contributed by atoms with Crippen LogP contribution in [0.3, 0.4) is 0 Å². The van der Waals surface area contributed by atoms with Gasteiger partial charge in [0, 0.05) is 24.3 Å². The van der Waals surface area contributed by atoms with Crippen molar-refractivity contribution in [2.45, 2.75) is 19.5 Å². The minimum atomic E-state index is -2.85. The van der Waals surface area contributed by atoms with Crippen LogP contribution in [-0.4, -0.2) is 20.3 Å². The smallest absolute Gasteiger partial charge is 0.333 e. The zero-order valence-electron chi connectivity index (χ0n) is 12.9. The summed E-state index contributed by atoms with van der Waals surface area (Å²) in [5.74, 6) is -0.588. The molecule has 0 spiro atoms. The molecule has 0 aliphatic rings. The van der Waals surface area contributed by atoms with E-state index in [9.17, 15) is 13.6 Å². The van der Waals surface area contributed by atoms with Crippen LogP contribution < -0.4 is 5.32 Å². The Kier molecular flexibility index (Phi) is 4.41. The predicted molar refractivity (Wildman–Crippen MR) is 85.1 cm³/mol. The molecule has 0 saturated carbocycles. The SMILES string of the molecule is CC(NC(=O)c1ccnn1C(F)F)c1ccc(-n2cccc2)cc1. The number of amides is 1. The molecule has 1 atom stereocenters. The Morgan fingerprint density at radius 3 is 2.42 bits per heavy atom. The Hall–Kier alpha value is -2.96. The number of halogens is 2. The maximum Gasteiger partial charge on any atom is 0.333 e. The van der Waals surface area contributed by atoms with Crippen molar-refractivity contribution in [1.29, 1.82) is 0 Å². The maximum absolute atomic E-state index is 12.8. The van der Waals surface area contributed by atoms with E-state index in [0.29, 0.717) is 4.68 Å². The number of carbonyl (C=O) groups is 1. The molecule has 0 aliphatic carbocycles. The minimum Gasteiger partial charge on any atom is -0.344 e. The van der Waals surface area contributed by atoms with Gasteiger partial charge in [0.15, 0.2) is 0 Å². The van der Waals surface area contributed by atoms with Crippen LogP contribution in [-0.2, 0) is 0 Å². The van der Waals surface area contributed by atoms with Crippen LogP contribution in [0, 0.1) is 0 Å². The number of benzene rings is 1. The van der Waals surface area contributed by atoms with E-state index >= 15 is 0 Å². The summed E-state index contributed by atoms with van der Waals surface area (Å²) in [6.45, 7) is -1.05. The molecule has 0 fully saturated rings. The highest BCUT2D eigenvalue weighted by atomic mass is 19.3. The van der Waals surface area contributed by atoms with E-state index in [-0.39, 0.29) is 11.7 Å². The van der Waals surface area contributed by atoms with Crippen LogP contribution in [0.5, 0.6) is 0 Å². The first-order chi connectivity index (χ1) is 11.6. The molecular weight excluding hydrogens is 314 g/mol. The van der Waals surface area contributed by atoms with Gasteiger partial charge in [-0.1, -0.05) is 12.1 Å². The normalized spacial score (nSPS) is 12.3. The van der Waals surface area contributed by atoms with Crippen LogP contribution in [0.1, 0.15) is 35.6 Å². The van der Waals surface area contributed by atoms with Gasteiger partial charge in [-0.25, -0.2) is 0 Å². The second-order valence-electron chi connectivity index (χ2n) is 5.32. The van der Waals surface area contributed by atoms with Gasteiger partial charge in [-0.05, 0) is 42.8 Å². The van der Waals surface area contributed by atoms with Crippen molar-refractivity contribution in [3.8, 4) is 5.69 Å². The van der Waals surface area contributed by atoms with Gasteiger partial charge in [-0.15, -0.1) is 0 Å². The Morgan fingerprint density at radius 2 is 1.79 bits per heavy atom. The number of rotatable bonds is 5. The summed E-state index contributed by atoms with van der Waals surface area (Å²) in [6.07, 6.45) is 5.05. The first kappa shape index (κ1) is 15.9. The van der Waals surface area contributed by atoms with Crippen LogP contribution in [0.2, 0.25) is 0 Å². The van der Waals surface area contributed by atoms with Gasteiger partial charge in [-0.3, -0.25) is 4.79 Å². The highest BCUT2D eigenvalue weighted by molar-refractivity contribution is 5.92.